The summed E-state index contributed by atoms with van der Waals surface area (Å²) in [6.45, 7) is 2.68. The summed E-state index contributed by atoms with van der Waals surface area (Å²) >= 11 is 4.97. The number of unbranched alkanes of at least 4 members (excludes halogenated alkanes) is 1. The Balaban J connectivity index is 1.84. The van der Waals surface area contributed by atoms with Crippen LogP contribution in [0.15, 0.2) is 48.5 Å². The number of thiocarbonyl (C=S) groups is 1. The number of hydrazine groups is 1. The van der Waals surface area contributed by atoms with Crippen LogP contribution in [0, 0.1) is 10.1 Å². The van der Waals surface area contributed by atoms with Gasteiger partial charge in [-0.25, -0.2) is 0 Å². The van der Waals surface area contributed by atoms with Crippen LogP contribution in [0.5, 0.6) is 5.75 Å². The molecule has 0 radical (unpaired) electrons. The van der Waals surface area contributed by atoms with Crippen molar-refractivity contribution in [1.82, 2.24) is 16.2 Å². The Hall–Kier alpha value is -3.53. The molecule has 0 saturated heterocycles. The number of rotatable bonds is 7. The van der Waals surface area contributed by atoms with Gasteiger partial charge in [-0.15, -0.1) is 0 Å². The maximum Gasteiger partial charge on any atom is 0.270 e. The van der Waals surface area contributed by atoms with E-state index < -0.39 is 16.7 Å². The van der Waals surface area contributed by atoms with Crippen LogP contribution in [0.3, 0.4) is 0 Å². The van der Waals surface area contributed by atoms with Gasteiger partial charge in [-0.2, -0.15) is 0 Å². The second-order valence-corrected chi connectivity index (χ2v) is 6.30. The zero-order valence-electron chi connectivity index (χ0n) is 15.6. The predicted octanol–water partition coefficient (Wildman–Crippen LogP) is 2.72. The molecule has 0 aromatic heterocycles. The second kappa shape index (κ2) is 10.7. The Morgan fingerprint density at radius 2 is 1.79 bits per heavy atom. The number of nitrogens with zero attached hydrogens (tertiary/aromatic N) is 1. The van der Waals surface area contributed by atoms with Gasteiger partial charge in [0, 0.05) is 23.3 Å². The van der Waals surface area contributed by atoms with E-state index >= 15 is 0 Å². The third-order valence-corrected chi connectivity index (χ3v) is 3.92. The molecule has 0 aliphatic heterocycles. The quantitative estimate of drug-likeness (QED) is 0.274. The van der Waals surface area contributed by atoms with Gasteiger partial charge in [0.15, 0.2) is 5.11 Å². The fraction of sp³-hybridized carbons (Fsp3) is 0.211. The van der Waals surface area contributed by atoms with E-state index in [1.54, 1.807) is 24.3 Å². The molecular formula is C19H20N4O5S. The maximum absolute atomic E-state index is 12.2. The predicted molar refractivity (Wildman–Crippen MR) is 111 cm³/mol. The number of nitro groups is 1. The molecule has 0 spiro atoms. The first kappa shape index (κ1) is 21.8. The number of amides is 2. The van der Waals surface area contributed by atoms with Gasteiger partial charge in [0.1, 0.15) is 5.75 Å². The van der Waals surface area contributed by atoms with Crippen molar-refractivity contribution in [3.63, 3.8) is 0 Å². The zero-order chi connectivity index (χ0) is 21.2. The van der Waals surface area contributed by atoms with Gasteiger partial charge in [0.25, 0.3) is 17.5 Å². The summed E-state index contributed by atoms with van der Waals surface area (Å²) in [5.74, 6) is -0.439. The van der Waals surface area contributed by atoms with Crippen molar-refractivity contribution in [2.45, 2.75) is 19.8 Å². The summed E-state index contributed by atoms with van der Waals surface area (Å²) in [6.07, 6.45) is 1.98. The molecule has 9 nitrogen and oxygen atoms in total. The van der Waals surface area contributed by atoms with E-state index in [9.17, 15) is 19.7 Å². The molecule has 0 bridgehead atoms. The average molecular weight is 416 g/mol. The molecule has 152 valence electrons. The van der Waals surface area contributed by atoms with Crippen molar-refractivity contribution in [2.75, 3.05) is 6.61 Å². The first-order valence-corrected chi connectivity index (χ1v) is 9.20. The van der Waals surface area contributed by atoms with E-state index in [0.717, 1.165) is 18.9 Å². The van der Waals surface area contributed by atoms with Crippen LogP contribution in [-0.2, 0) is 0 Å². The van der Waals surface area contributed by atoms with E-state index in [4.69, 9.17) is 17.0 Å². The number of hydrogen-bond acceptors (Lipinski definition) is 6. The average Bonchev–Trinajstić information content (AvgIpc) is 2.72. The molecular weight excluding hydrogens is 396 g/mol. The first-order chi connectivity index (χ1) is 13.9. The number of carbonyl (C=O) groups excluding carboxylic acids is 2. The summed E-state index contributed by atoms with van der Waals surface area (Å²) in [5.41, 5.74) is 4.87. The molecule has 3 N–H and O–H groups in total. The summed E-state index contributed by atoms with van der Waals surface area (Å²) in [4.78, 5) is 34.4. The molecule has 0 saturated carbocycles. The zero-order valence-corrected chi connectivity index (χ0v) is 16.5. The van der Waals surface area contributed by atoms with E-state index in [-0.39, 0.29) is 16.4 Å². The SMILES string of the molecule is CCCCOc1ccc(C(=O)NC(=S)NNC(=O)c2cccc([N+](=O)[O-])c2)cc1. The second-order valence-electron chi connectivity index (χ2n) is 5.90. The number of benzene rings is 2. The topological polar surface area (TPSA) is 123 Å². The van der Waals surface area contributed by atoms with Crippen LogP contribution in [-0.4, -0.2) is 28.5 Å². The highest BCUT2D eigenvalue weighted by Gasteiger charge is 2.12. The number of hydrogen-bond donors (Lipinski definition) is 3. The van der Waals surface area contributed by atoms with Crippen molar-refractivity contribution >= 4 is 34.8 Å². The number of nitrogens with one attached hydrogen (secondary N) is 3. The maximum atomic E-state index is 12.2. The fourth-order valence-corrected chi connectivity index (χ4v) is 2.33. The molecule has 2 rings (SSSR count). The number of nitro benzene ring substituents is 1. The van der Waals surface area contributed by atoms with Crippen LogP contribution < -0.4 is 20.9 Å². The Morgan fingerprint density at radius 3 is 2.45 bits per heavy atom. The summed E-state index contributed by atoms with van der Waals surface area (Å²) < 4.78 is 5.53. The highest BCUT2D eigenvalue weighted by molar-refractivity contribution is 7.80. The summed E-state index contributed by atoms with van der Waals surface area (Å²) in [6, 6.07) is 11.8. The Labute approximate surface area is 172 Å². The molecule has 10 heteroatoms. The van der Waals surface area contributed by atoms with Crippen LogP contribution in [0.25, 0.3) is 0 Å². The third kappa shape index (κ3) is 6.85. The van der Waals surface area contributed by atoms with Crippen molar-refractivity contribution in [2.24, 2.45) is 0 Å². The van der Waals surface area contributed by atoms with E-state index in [1.807, 2.05) is 0 Å². The van der Waals surface area contributed by atoms with Crippen molar-refractivity contribution in [3.8, 4) is 5.75 Å². The van der Waals surface area contributed by atoms with Crippen molar-refractivity contribution in [1.29, 1.82) is 0 Å². The molecule has 0 unspecified atom stereocenters. The lowest BCUT2D eigenvalue weighted by Crippen LogP contribution is -2.48. The summed E-state index contributed by atoms with van der Waals surface area (Å²) in [5, 5.41) is 13.1. The molecule has 0 aliphatic rings. The third-order valence-electron chi connectivity index (χ3n) is 3.72. The molecule has 0 heterocycles. The molecule has 2 aromatic carbocycles. The van der Waals surface area contributed by atoms with Gasteiger partial charge in [-0.3, -0.25) is 35.9 Å². The van der Waals surface area contributed by atoms with E-state index in [2.05, 4.69) is 23.1 Å². The van der Waals surface area contributed by atoms with Crippen LogP contribution in [0.4, 0.5) is 5.69 Å². The highest BCUT2D eigenvalue weighted by Crippen LogP contribution is 2.13. The van der Waals surface area contributed by atoms with Gasteiger partial charge in [-0.05, 0) is 49.0 Å². The number of non-ortho nitro benzene ring substituents is 1. The smallest absolute Gasteiger partial charge is 0.270 e. The van der Waals surface area contributed by atoms with Gasteiger partial charge < -0.3 is 4.74 Å². The van der Waals surface area contributed by atoms with Crippen LogP contribution in [0.1, 0.15) is 40.5 Å². The highest BCUT2D eigenvalue weighted by atomic mass is 32.1. The molecule has 2 aromatic rings. The molecule has 0 atom stereocenters. The van der Waals surface area contributed by atoms with Gasteiger partial charge in [0.05, 0.1) is 11.5 Å². The monoisotopic (exact) mass is 416 g/mol. The molecule has 2 amide bonds. The standard InChI is InChI=1S/C19H20N4O5S/c1-2-3-11-28-16-9-7-13(8-10-16)17(24)20-19(29)22-21-18(25)14-5-4-6-15(12-14)23(26)27/h4-10,12H,2-3,11H2,1H3,(H,21,25)(H2,20,22,24,29). The van der Waals surface area contributed by atoms with Crippen molar-refractivity contribution in [3.05, 3.63) is 69.8 Å². The Kier molecular flexibility index (Phi) is 8.04. The van der Waals surface area contributed by atoms with Crippen LogP contribution in [0.2, 0.25) is 0 Å². The fourth-order valence-electron chi connectivity index (χ4n) is 2.19. The van der Waals surface area contributed by atoms with E-state index in [1.165, 1.54) is 18.2 Å². The number of ether oxygens (including phenoxy) is 1. The minimum absolute atomic E-state index is 0.0690. The van der Waals surface area contributed by atoms with E-state index in [0.29, 0.717) is 17.9 Å². The van der Waals surface area contributed by atoms with Gasteiger partial charge in [-0.1, -0.05) is 19.4 Å². The molecule has 29 heavy (non-hydrogen) atoms. The summed E-state index contributed by atoms with van der Waals surface area (Å²) in [7, 11) is 0. The van der Waals surface area contributed by atoms with Gasteiger partial charge in [0.2, 0.25) is 0 Å². The largest absolute Gasteiger partial charge is 0.494 e. The molecule has 0 fully saturated rings. The Morgan fingerprint density at radius 1 is 1.07 bits per heavy atom. The van der Waals surface area contributed by atoms with Crippen molar-refractivity contribution < 1.29 is 19.2 Å². The first-order valence-electron chi connectivity index (χ1n) is 8.79. The lowest BCUT2D eigenvalue weighted by atomic mass is 10.2. The van der Waals surface area contributed by atoms with Gasteiger partial charge >= 0.3 is 0 Å². The molecule has 0 aliphatic carbocycles. The lowest BCUT2D eigenvalue weighted by molar-refractivity contribution is -0.384. The minimum atomic E-state index is -0.640. The lowest BCUT2D eigenvalue weighted by Gasteiger charge is -2.11. The minimum Gasteiger partial charge on any atom is -0.494 e. The Bertz CT molecular complexity index is 902. The van der Waals surface area contributed by atoms with Crippen LogP contribution >= 0.6 is 12.2 Å². The normalized spacial score (nSPS) is 9.97. The number of carbonyl (C=O) groups is 2.